The highest BCUT2D eigenvalue weighted by molar-refractivity contribution is 7.92. The molecule has 0 atom stereocenters. The molecule has 0 saturated carbocycles. The Morgan fingerprint density at radius 3 is 2.29 bits per heavy atom. The molecule has 2 N–H and O–H groups in total. The molecule has 2 aromatic rings. The minimum absolute atomic E-state index is 0.281. The molecule has 0 aromatic heterocycles. The maximum atomic E-state index is 12.8. The first-order valence-corrected chi connectivity index (χ1v) is 8.31. The molecule has 0 heterocycles. The summed E-state index contributed by atoms with van der Waals surface area (Å²) in [5, 5.41) is 0. The van der Waals surface area contributed by atoms with Crippen molar-refractivity contribution in [2.24, 2.45) is 5.73 Å². The van der Waals surface area contributed by atoms with E-state index in [2.05, 4.69) is 0 Å². The molecule has 0 unspecified atom stereocenters. The first-order valence-electron chi connectivity index (χ1n) is 6.87. The van der Waals surface area contributed by atoms with E-state index < -0.39 is 10.0 Å². The molecule has 0 saturated heterocycles. The molecule has 112 valence electrons. The van der Waals surface area contributed by atoms with Crippen molar-refractivity contribution >= 4 is 15.7 Å². The monoisotopic (exact) mass is 304 g/mol. The Kier molecular flexibility index (Phi) is 4.65. The number of nitrogens with two attached hydrogens (primary N) is 1. The average Bonchev–Trinajstić information content (AvgIpc) is 2.48. The zero-order valence-electron chi connectivity index (χ0n) is 12.3. The number of hydrogen-bond donors (Lipinski definition) is 1. The second-order valence-corrected chi connectivity index (χ2v) is 6.72. The zero-order valence-corrected chi connectivity index (χ0v) is 13.1. The van der Waals surface area contributed by atoms with Gasteiger partial charge in [0, 0.05) is 13.1 Å². The Morgan fingerprint density at radius 2 is 1.76 bits per heavy atom. The molecule has 0 aliphatic carbocycles. The quantitative estimate of drug-likeness (QED) is 0.923. The first kappa shape index (κ1) is 15.5. The maximum absolute atomic E-state index is 12.8. The Bertz CT molecular complexity index is 709. The standard InChI is InChI=1S/C16H20N2O2S/c1-3-18(15-6-4-5-13(2)11-15)21(19,20)16-9-7-14(12-17)8-10-16/h4-11H,3,12,17H2,1-2H3. The number of rotatable bonds is 5. The molecule has 0 aliphatic heterocycles. The highest BCUT2D eigenvalue weighted by atomic mass is 32.2. The lowest BCUT2D eigenvalue weighted by molar-refractivity contribution is 0.592. The third-order valence-electron chi connectivity index (χ3n) is 3.32. The number of nitrogens with zero attached hydrogens (tertiary/aromatic N) is 1. The maximum Gasteiger partial charge on any atom is 0.264 e. The fourth-order valence-electron chi connectivity index (χ4n) is 2.20. The van der Waals surface area contributed by atoms with E-state index in [-0.39, 0.29) is 4.90 Å². The summed E-state index contributed by atoms with van der Waals surface area (Å²) in [4.78, 5) is 0.281. The lowest BCUT2D eigenvalue weighted by atomic mass is 10.2. The summed E-state index contributed by atoms with van der Waals surface area (Å²) in [6.07, 6.45) is 0. The van der Waals surface area contributed by atoms with Crippen molar-refractivity contribution in [2.75, 3.05) is 10.8 Å². The predicted octanol–water partition coefficient (Wildman–Crippen LogP) is 2.67. The summed E-state index contributed by atoms with van der Waals surface area (Å²) < 4.78 is 27.0. The summed E-state index contributed by atoms with van der Waals surface area (Å²) in [5.74, 6) is 0. The zero-order chi connectivity index (χ0) is 15.5. The number of hydrogen-bond acceptors (Lipinski definition) is 3. The Balaban J connectivity index is 2.44. The lowest BCUT2D eigenvalue weighted by Gasteiger charge is -2.23. The van der Waals surface area contributed by atoms with E-state index in [1.807, 2.05) is 38.1 Å². The van der Waals surface area contributed by atoms with Crippen LogP contribution in [-0.2, 0) is 16.6 Å². The SMILES string of the molecule is CCN(c1cccc(C)c1)S(=O)(=O)c1ccc(CN)cc1. The third-order valence-corrected chi connectivity index (χ3v) is 5.24. The van der Waals surface area contributed by atoms with Gasteiger partial charge in [0.15, 0.2) is 0 Å². The van der Waals surface area contributed by atoms with Gasteiger partial charge in [0.05, 0.1) is 10.6 Å². The molecule has 2 aromatic carbocycles. The first-order chi connectivity index (χ1) is 9.98. The van der Waals surface area contributed by atoms with E-state index in [1.54, 1.807) is 24.3 Å². The van der Waals surface area contributed by atoms with E-state index in [0.29, 0.717) is 18.8 Å². The molecule has 21 heavy (non-hydrogen) atoms. The second kappa shape index (κ2) is 6.28. The van der Waals surface area contributed by atoms with Crippen molar-refractivity contribution in [3.05, 3.63) is 59.7 Å². The fourth-order valence-corrected chi connectivity index (χ4v) is 3.66. The van der Waals surface area contributed by atoms with Crippen LogP contribution in [0.5, 0.6) is 0 Å². The van der Waals surface area contributed by atoms with Crippen LogP contribution in [0, 0.1) is 6.92 Å². The van der Waals surface area contributed by atoms with Crippen molar-refractivity contribution in [3.8, 4) is 0 Å². The van der Waals surface area contributed by atoms with Crippen molar-refractivity contribution < 1.29 is 8.42 Å². The molecule has 4 nitrogen and oxygen atoms in total. The lowest BCUT2D eigenvalue weighted by Crippen LogP contribution is -2.30. The van der Waals surface area contributed by atoms with E-state index in [1.165, 1.54) is 4.31 Å². The van der Waals surface area contributed by atoms with Crippen LogP contribution in [0.2, 0.25) is 0 Å². The topological polar surface area (TPSA) is 63.4 Å². The van der Waals surface area contributed by atoms with Crippen LogP contribution in [0.15, 0.2) is 53.4 Å². The molecule has 0 amide bonds. The summed E-state index contributed by atoms with van der Waals surface area (Å²) in [6.45, 7) is 4.55. The number of anilines is 1. The molecular formula is C16H20N2O2S. The van der Waals surface area contributed by atoms with Gasteiger partial charge < -0.3 is 5.73 Å². The third kappa shape index (κ3) is 3.25. The van der Waals surface area contributed by atoms with Gasteiger partial charge >= 0.3 is 0 Å². The van der Waals surface area contributed by atoms with Gasteiger partial charge in [-0.05, 0) is 49.2 Å². The van der Waals surface area contributed by atoms with Gasteiger partial charge in [-0.3, -0.25) is 4.31 Å². The van der Waals surface area contributed by atoms with Gasteiger partial charge in [-0.1, -0.05) is 24.3 Å². The smallest absolute Gasteiger partial charge is 0.264 e. The van der Waals surface area contributed by atoms with Crippen molar-refractivity contribution in [1.82, 2.24) is 0 Å². The highest BCUT2D eigenvalue weighted by Gasteiger charge is 2.23. The van der Waals surface area contributed by atoms with Crippen molar-refractivity contribution in [1.29, 1.82) is 0 Å². The van der Waals surface area contributed by atoms with Crippen LogP contribution >= 0.6 is 0 Å². The van der Waals surface area contributed by atoms with E-state index in [4.69, 9.17) is 5.73 Å². The van der Waals surface area contributed by atoms with Gasteiger partial charge in [-0.25, -0.2) is 8.42 Å². The van der Waals surface area contributed by atoms with E-state index >= 15 is 0 Å². The van der Waals surface area contributed by atoms with E-state index in [0.717, 1.165) is 11.1 Å². The van der Waals surface area contributed by atoms with Gasteiger partial charge in [0.2, 0.25) is 0 Å². The molecule has 0 bridgehead atoms. The fraction of sp³-hybridized carbons (Fsp3) is 0.250. The van der Waals surface area contributed by atoms with Crippen LogP contribution in [0.3, 0.4) is 0 Å². The number of aryl methyl sites for hydroxylation is 1. The van der Waals surface area contributed by atoms with Crippen LogP contribution in [0.25, 0.3) is 0 Å². The predicted molar refractivity (Wildman–Crippen MR) is 85.7 cm³/mol. The highest BCUT2D eigenvalue weighted by Crippen LogP contribution is 2.24. The van der Waals surface area contributed by atoms with Gasteiger partial charge in [-0.15, -0.1) is 0 Å². The summed E-state index contributed by atoms with van der Waals surface area (Å²) in [7, 11) is -3.55. The molecule has 0 spiro atoms. The van der Waals surface area contributed by atoms with Crippen molar-refractivity contribution in [2.45, 2.75) is 25.3 Å². The molecule has 5 heteroatoms. The minimum Gasteiger partial charge on any atom is -0.326 e. The van der Waals surface area contributed by atoms with Crippen LogP contribution < -0.4 is 10.0 Å². The molecule has 0 fully saturated rings. The van der Waals surface area contributed by atoms with Gasteiger partial charge in [0.1, 0.15) is 0 Å². The number of sulfonamides is 1. The van der Waals surface area contributed by atoms with Gasteiger partial charge in [-0.2, -0.15) is 0 Å². The summed E-state index contributed by atoms with van der Waals surface area (Å²) in [6, 6.07) is 14.2. The average molecular weight is 304 g/mol. The largest absolute Gasteiger partial charge is 0.326 e. The Morgan fingerprint density at radius 1 is 1.10 bits per heavy atom. The molecular weight excluding hydrogens is 284 g/mol. The Labute approximate surface area is 126 Å². The van der Waals surface area contributed by atoms with Gasteiger partial charge in [0.25, 0.3) is 10.0 Å². The van der Waals surface area contributed by atoms with E-state index in [9.17, 15) is 8.42 Å². The van der Waals surface area contributed by atoms with Crippen LogP contribution in [-0.4, -0.2) is 15.0 Å². The second-order valence-electron chi connectivity index (χ2n) is 4.86. The normalized spacial score (nSPS) is 11.4. The summed E-state index contributed by atoms with van der Waals surface area (Å²) >= 11 is 0. The van der Waals surface area contributed by atoms with Crippen LogP contribution in [0.4, 0.5) is 5.69 Å². The van der Waals surface area contributed by atoms with Crippen molar-refractivity contribution in [3.63, 3.8) is 0 Å². The Hall–Kier alpha value is -1.85. The number of benzene rings is 2. The molecule has 0 aliphatic rings. The molecule has 2 rings (SSSR count). The van der Waals surface area contributed by atoms with Crippen LogP contribution in [0.1, 0.15) is 18.1 Å². The minimum atomic E-state index is -3.55. The summed E-state index contributed by atoms with van der Waals surface area (Å²) in [5.41, 5.74) is 8.16. The molecule has 0 radical (unpaired) electrons.